The monoisotopic (exact) mass is 526 g/mol. The number of sulfone groups is 1. The summed E-state index contributed by atoms with van der Waals surface area (Å²) < 4.78 is 48.7. The molecule has 1 unspecified atom stereocenters. The average molecular weight is 528 g/mol. The van der Waals surface area contributed by atoms with Crippen LogP contribution in [0.4, 0.5) is 5.69 Å². The summed E-state index contributed by atoms with van der Waals surface area (Å²) in [6.45, 7) is 1.30. The highest BCUT2D eigenvalue weighted by Gasteiger charge is 2.25. The lowest BCUT2D eigenvalue weighted by Crippen LogP contribution is -2.41. The van der Waals surface area contributed by atoms with Crippen LogP contribution in [0.1, 0.15) is 24.9 Å². The molecule has 0 radical (unpaired) electrons. The van der Waals surface area contributed by atoms with Crippen LogP contribution in [0.2, 0.25) is 15.1 Å². The van der Waals surface area contributed by atoms with Crippen LogP contribution in [0.5, 0.6) is 0 Å². The molecule has 0 saturated carbocycles. The summed E-state index contributed by atoms with van der Waals surface area (Å²) in [4.78, 5) is 12.9. The molecule has 0 bridgehead atoms. The molecule has 0 aliphatic rings. The molecule has 1 N–H and O–H groups in total. The zero-order chi connectivity index (χ0) is 23.6. The van der Waals surface area contributed by atoms with Gasteiger partial charge in [-0.3, -0.25) is 9.10 Å². The van der Waals surface area contributed by atoms with Crippen molar-refractivity contribution in [1.29, 1.82) is 0 Å². The fourth-order valence-electron chi connectivity index (χ4n) is 2.82. The second-order valence-electron chi connectivity index (χ2n) is 6.86. The molecule has 31 heavy (non-hydrogen) atoms. The van der Waals surface area contributed by atoms with Crippen molar-refractivity contribution in [2.75, 3.05) is 23.4 Å². The number of amides is 1. The van der Waals surface area contributed by atoms with Crippen LogP contribution in [0.3, 0.4) is 0 Å². The Labute approximate surface area is 197 Å². The van der Waals surface area contributed by atoms with Gasteiger partial charge in [0.2, 0.25) is 15.9 Å². The van der Waals surface area contributed by atoms with Crippen LogP contribution in [0.15, 0.2) is 41.3 Å². The highest BCUT2D eigenvalue weighted by atomic mass is 35.5. The van der Waals surface area contributed by atoms with E-state index in [0.717, 1.165) is 16.8 Å². The summed E-state index contributed by atoms with van der Waals surface area (Å²) in [6, 6.07) is 8.25. The number of sulfonamides is 1. The number of halogens is 3. The highest BCUT2D eigenvalue weighted by molar-refractivity contribution is 7.92. The summed E-state index contributed by atoms with van der Waals surface area (Å²) in [7, 11) is -7.22. The Hall–Kier alpha value is -1.52. The zero-order valence-corrected chi connectivity index (χ0v) is 20.8. The molecule has 7 nitrogen and oxygen atoms in total. The first-order valence-corrected chi connectivity index (χ1v) is 13.8. The van der Waals surface area contributed by atoms with Gasteiger partial charge < -0.3 is 5.32 Å². The zero-order valence-electron chi connectivity index (χ0n) is 16.9. The number of nitrogens with zero attached hydrogens (tertiary/aromatic N) is 1. The first-order chi connectivity index (χ1) is 14.2. The van der Waals surface area contributed by atoms with E-state index in [1.165, 1.54) is 24.3 Å². The minimum atomic E-state index is -3.87. The third kappa shape index (κ3) is 6.73. The Kier molecular flexibility index (Phi) is 8.27. The molecule has 2 rings (SSSR count). The molecule has 0 aromatic heterocycles. The number of anilines is 1. The Balaban J connectivity index is 2.27. The third-order valence-corrected chi connectivity index (χ3v) is 7.68. The minimum Gasteiger partial charge on any atom is -0.348 e. The Morgan fingerprint density at radius 3 is 2.00 bits per heavy atom. The lowest BCUT2D eigenvalue weighted by Gasteiger charge is -2.25. The summed E-state index contributed by atoms with van der Waals surface area (Å²) >= 11 is 18.0. The van der Waals surface area contributed by atoms with E-state index in [-0.39, 0.29) is 25.7 Å². The second kappa shape index (κ2) is 9.95. The lowest BCUT2D eigenvalue weighted by molar-refractivity contribution is -0.120. The third-order valence-electron chi connectivity index (χ3n) is 4.40. The van der Waals surface area contributed by atoms with Gasteiger partial charge in [0.05, 0.1) is 37.9 Å². The smallest absolute Gasteiger partial charge is 0.241 e. The molecule has 1 amide bonds. The first-order valence-electron chi connectivity index (χ1n) is 8.95. The fraction of sp³-hybridized carbons (Fsp3) is 0.316. The summed E-state index contributed by atoms with van der Waals surface area (Å²) in [5, 5.41) is 3.03. The molecule has 0 heterocycles. The van der Waals surface area contributed by atoms with Crippen molar-refractivity contribution in [2.45, 2.75) is 24.3 Å². The SMILES string of the molecule is CCC(NC(=O)CN(c1cc(Cl)c(Cl)cc1Cl)S(C)(=O)=O)c1ccc(S(C)(=O)=O)cc1. The molecule has 2 aromatic rings. The molecule has 0 spiro atoms. The van der Waals surface area contributed by atoms with Gasteiger partial charge in [-0.15, -0.1) is 0 Å². The molecule has 2 aromatic carbocycles. The molecule has 12 heteroatoms. The number of carbonyl (C=O) groups excluding carboxylic acids is 1. The van der Waals surface area contributed by atoms with E-state index >= 15 is 0 Å². The standard InChI is InChI=1S/C19H21Cl3N2O5S2/c1-4-17(12-5-7-13(8-6-12)30(2,26)27)23-19(25)11-24(31(3,28)29)18-10-15(21)14(20)9-16(18)22/h5-10,17H,4,11H2,1-3H3,(H,23,25). The summed E-state index contributed by atoms with van der Waals surface area (Å²) in [5.74, 6) is -0.577. The van der Waals surface area contributed by atoms with Crippen molar-refractivity contribution >= 4 is 66.3 Å². The van der Waals surface area contributed by atoms with Gasteiger partial charge in [0.25, 0.3) is 0 Å². The molecule has 0 saturated heterocycles. The van der Waals surface area contributed by atoms with Crippen molar-refractivity contribution in [3.8, 4) is 0 Å². The average Bonchev–Trinajstić information content (AvgIpc) is 2.66. The number of benzene rings is 2. The van der Waals surface area contributed by atoms with Gasteiger partial charge in [0, 0.05) is 6.26 Å². The first kappa shape index (κ1) is 25.7. The van der Waals surface area contributed by atoms with Gasteiger partial charge in [-0.2, -0.15) is 0 Å². The van der Waals surface area contributed by atoms with Crippen LogP contribution >= 0.6 is 34.8 Å². The molecule has 170 valence electrons. The predicted molar refractivity (Wildman–Crippen MR) is 124 cm³/mol. The van der Waals surface area contributed by atoms with E-state index in [1.807, 2.05) is 6.92 Å². The number of rotatable bonds is 8. The van der Waals surface area contributed by atoms with E-state index < -0.39 is 38.4 Å². The quantitative estimate of drug-likeness (QED) is 0.521. The van der Waals surface area contributed by atoms with Crippen LogP contribution in [0, 0.1) is 0 Å². The van der Waals surface area contributed by atoms with Crippen molar-refractivity contribution in [2.24, 2.45) is 0 Å². The Bertz CT molecular complexity index is 1180. The van der Waals surface area contributed by atoms with Crippen LogP contribution in [-0.4, -0.2) is 41.8 Å². The van der Waals surface area contributed by atoms with Gasteiger partial charge >= 0.3 is 0 Å². The van der Waals surface area contributed by atoms with E-state index in [9.17, 15) is 21.6 Å². The number of hydrogen-bond acceptors (Lipinski definition) is 5. The number of hydrogen-bond donors (Lipinski definition) is 1. The second-order valence-corrected chi connectivity index (χ2v) is 12.0. The normalized spacial score (nSPS) is 13.0. The largest absolute Gasteiger partial charge is 0.348 e. The Morgan fingerprint density at radius 1 is 0.968 bits per heavy atom. The van der Waals surface area contributed by atoms with Gasteiger partial charge in [0.15, 0.2) is 9.84 Å². The van der Waals surface area contributed by atoms with Crippen molar-refractivity contribution in [3.63, 3.8) is 0 Å². The fourth-order valence-corrected chi connectivity index (χ4v) is 5.01. The van der Waals surface area contributed by atoms with Crippen molar-refractivity contribution in [3.05, 3.63) is 57.0 Å². The van der Waals surface area contributed by atoms with Crippen molar-refractivity contribution < 1.29 is 21.6 Å². The lowest BCUT2D eigenvalue weighted by atomic mass is 10.0. The Morgan fingerprint density at radius 2 is 1.52 bits per heavy atom. The number of nitrogens with one attached hydrogen (secondary N) is 1. The molecule has 0 aliphatic heterocycles. The van der Waals surface area contributed by atoms with Gasteiger partial charge in [0.1, 0.15) is 6.54 Å². The molecule has 0 aliphatic carbocycles. The van der Waals surface area contributed by atoms with E-state index in [2.05, 4.69) is 5.32 Å². The van der Waals surface area contributed by atoms with Gasteiger partial charge in [-0.05, 0) is 36.2 Å². The van der Waals surface area contributed by atoms with Gasteiger partial charge in [-0.25, -0.2) is 16.8 Å². The van der Waals surface area contributed by atoms with Crippen LogP contribution < -0.4 is 9.62 Å². The topological polar surface area (TPSA) is 101 Å². The maximum Gasteiger partial charge on any atom is 0.241 e. The molecule has 0 fully saturated rings. The summed E-state index contributed by atoms with van der Waals surface area (Å²) in [6.07, 6.45) is 2.55. The molecule has 1 atom stereocenters. The van der Waals surface area contributed by atoms with Crippen LogP contribution in [-0.2, 0) is 24.7 Å². The predicted octanol–water partition coefficient (Wildman–Crippen LogP) is 4.08. The maximum absolute atomic E-state index is 12.7. The van der Waals surface area contributed by atoms with E-state index in [0.29, 0.717) is 12.0 Å². The van der Waals surface area contributed by atoms with Crippen molar-refractivity contribution in [1.82, 2.24) is 5.32 Å². The number of carbonyl (C=O) groups is 1. The maximum atomic E-state index is 12.7. The van der Waals surface area contributed by atoms with Gasteiger partial charge in [-0.1, -0.05) is 53.9 Å². The van der Waals surface area contributed by atoms with Crippen LogP contribution in [0.25, 0.3) is 0 Å². The minimum absolute atomic E-state index is 0.0241. The summed E-state index contributed by atoms with van der Waals surface area (Å²) in [5.41, 5.74) is 0.709. The molecular weight excluding hydrogens is 507 g/mol. The highest BCUT2D eigenvalue weighted by Crippen LogP contribution is 2.35. The van der Waals surface area contributed by atoms with E-state index in [1.54, 1.807) is 12.1 Å². The van der Waals surface area contributed by atoms with E-state index in [4.69, 9.17) is 34.8 Å². The molecular formula is C19H21Cl3N2O5S2.